The van der Waals surface area contributed by atoms with E-state index in [2.05, 4.69) is 241 Å². The Morgan fingerprint density at radius 1 is 0.356 bits per heavy atom. The third kappa shape index (κ3) is 6.91. The monoisotopic (exact) mass is 934 g/mol. The highest BCUT2D eigenvalue weighted by molar-refractivity contribution is 7.00. The van der Waals surface area contributed by atoms with Crippen LogP contribution in [0.3, 0.4) is 0 Å². The van der Waals surface area contributed by atoms with Crippen LogP contribution in [0.2, 0.25) is 0 Å². The smallest absolute Gasteiger partial charge is 0.252 e. The first kappa shape index (κ1) is 42.5. The van der Waals surface area contributed by atoms with Crippen molar-refractivity contribution in [3.63, 3.8) is 0 Å². The number of hydrogen-bond acceptors (Lipinski definition) is 5. The van der Waals surface area contributed by atoms with Crippen LogP contribution in [-0.4, -0.2) is 26.2 Å². The van der Waals surface area contributed by atoms with Crippen LogP contribution in [0.5, 0.6) is 0 Å². The van der Waals surface area contributed by atoms with Gasteiger partial charge in [-0.05, 0) is 139 Å². The lowest BCUT2D eigenvalue weighted by Crippen LogP contribution is -2.61. The molecular formula is C66H47BN6. The fraction of sp³-hybridized carbons (Fsp3) is 0.0455. The van der Waals surface area contributed by atoms with Crippen molar-refractivity contribution in [3.8, 4) is 50.7 Å². The number of aromatic nitrogens is 4. The summed E-state index contributed by atoms with van der Waals surface area (Å²) in [6.07, 6.45) is 0. The Bertz CT molecular complexity index is 4100. The van der Waals surface area contributed by atoms with E-state index >= 15 is 0 Å². The Kier molecular flexibility index (Phi) is 9.87. The molecule has 12 aromatic rings. The van der Waals surface area contributed by atoms with Gasteiger partial charge in [-0.2, -0.15) is 0 Å². The summed E-state index contributed by atoms with van der Waals surface area (Å²) in [7, 11) is 0. The number of hydrogen-bond donors (Lipinski definition) is 0. The number of rotatable bonds is 7. The molecular weight excluding hydrogens is 888 g/mol. The molecule has 73 heavy (non-hydrogen) atoms. The Morgan fingerprint density at radius 2 is 0.849 bits per heavy atom. The van der Waals surface area contributed by atoms with Crippen molar-refractivity contribution in [1.82, 2.24) is 19.5 Å². The molecule has 7 heteroatoms. The van der Waals surface area contributed by atoms with Crippen LogP contribution in [0, 0.1) is 20.8 Å². The van der Waals surface area contributed by atoms with E-state index in [0.717, 1.165) is 61.5 Å². The predicted octanol–water partition coefficient (Wildman–Crippen LogP) is 14.6. The standard InChI is InChI=1S/C66H47BN6/c1-42-34-36-57-53(38-42)54-39-43(2)35-37-58(54)73(57)64-51(26-16-27-52(64)66-69-44(3)68-65(70-66)45-18-6-4-7-19-45)48-22-14-20-46(40-48)47-21-15-25-50(41-47)72-60-31-13-11-29-56(60)67-55-28-10-12-30-59(55)71(49-23-8-5-9-24-49)61-32-17-33-62(72)63(61)67/h4-41H,1-3H3. The number of aryl methyl sites for hydroxylation is 3. The van der Waals surface area contributed by atoms with Crippen LogP contribution in [0.4, 0.5) is 34.1 Å². The fourth-order valence-corrected chi connectivity index (χ4v) is 11.7. The van der Waals surface area contributed by atoms with Crippen molar-refractivity contribution in [2.45, 2.75) is 20.8 Å². The van der Waals surface area contributed by atoms with E-state index in [9.17, 15) is 0 Å². The van der Waals surface area contributed by atoms with Gasteiger partial charge in [0.15, 0.2) is 11.6 Å². The lowest BCUT2D eigenvalue weighted by Gasteiger charge is -2.44. The highest BCUT2D eigenvalue weighted by Gasteiger charge is 2.42. The lowest BCUT2D eigenvalue weighted by molar-refractivity contribution is 0.988. The largest absolute Gasteiger partial charge is 0.311 e. The van der Waals surface area contributed by atoms with Gasteiger partial charge in [0.25, 0.3) is 6.71 Å². The molecule has 0 saturated heterocycles. The van der Waals surface area contributed by atoms with Crippen molar-refractivity contribution < 1.29 is 0 Å². The highest BCUT2D eigenvalue weighted by atomic mass is 15.2. The number of fused-ring (bicyclic) bond motifs is 7. The van der Waals surface area contributed by atoms with Gasteiger partial charge in [-0.1, -0.05) is 157 Å². The van der Waals surface area contributed by atoms with Gasteiger partial charge in [0.1, 0.15) is 5.82 Å². The minimum Gasteiger partial charge on any atom is -0.311 e. The zero-order valence-corrected chi connectivity index (χ0v) is 40.7. The van der Waals surface area contributed by atoms with Gasteiger partial charge in [-0.25, -0.2) is 15.0 Å². The van der Waals surface area contributed by atoms with Gasteiger partial charge < -0.3 is 14.4 Å². The molecule has 0 unspecified atom stereocenters. The van der Waals surface area contributed by atoms with E-state index in [1.54, 1.807) is 0 Å². The van der Waals surface area contributed by atoms with Gasteiger partial charge in [-0.15, -0.1) is 0 Å². The number of benzene rings is 10. The first-order chi connectivity index (χ1) is 35.9. The minimum atomic E-state index is 0.0774. The molecule has 0 saturated carbocycles. The summed E-state index contributed by atoms with van der Waals surface area (Å²) >= 11 is 0. The molecule has 6 nitrogen and oxygen atoms in total. The zero-order valence-electron chi connectivity index (χ0n) is 40.7. The molecule has 2 aliphatic heterocycles. The van der Waals surface area contributed by atoms with E-state index < -0.39 is 0 Å². The molecule has 0 amide bonds. The Labute approximate surface area is 425 Å². The van der Waals surface area contributed by atoms with E-state index in [4.69, 9.17) is 15.0 Å². The Balaban J connectivity index is 0.945. The number of nitrogens with zero attached hydrogens (tertiary/aromatic N) is 6. The molecule has 0 radical (unpaired) electrons. The van der Waals surface area contributed by atoms with Crippen LogP contribution < -0.4 is 26.2 Å². The molecule has 14 rings (SSSR count). The van der Waals surface area contributed by atoms with Crippen LogP contribution in [-0.2, 0) is 0 Å². The second-order valence-electron chi connectivity index (χ2n) is 19.4. The van der Waals surface area contributed by atoms with E-state index in [1.165, 1.54) is 61.0 Å². The zero-order chi connectivity index (χ0) is 48.7. The number of anilines is 6. The van der Waals surface area contributed by atoms with Crippen LogP contribution in [0.25, 0.3) is 72.5 Å². The molecule has 0 spiro atoms. The summed E-state index contributed by atoms with van der Waals surface area (Å²) in [6.45, 7) is 6.37. The van der Waals surface area contributed by atoms with E-state index in [0.29, 0.717) is 17.5 Å². The summed E-state index contributed by atoms with van der Waals surface area (Å²) in [5, 5.41) is 2.42. The first-order valence-corrected chi connectivity index (χ1v) is 25.1. The van der Waals surface area contributed by atoms with Crippen LogP contribution in [0.15, 0.2) is 231 Å². The summed E-state index contributed by atoms with van der Waals surface area (Å²) < 4.78 is 2.43. The maximum atomic E-state index is 5.23. The van der Waals surface area contributed by atoms with Gasteiger partial charge in [0.2, 0.25) is 0 Å². The summed E-state index contributed by atoms with van der Waals surface area (Å²) in [5.41, 5.74) is 22.9. The summed E-state index contributed by atoms with van der Waals surface area (Å²) in [5.74, 6) is 1.94. The average molecular weight is 935 g/mol. The Hall–Kier alpha value is -9.33. The van der Waals surface area contributed by atoms with Gasteiger partial charge in [0.05, 0.1) is 16.7 Å². The average Bonchev–Trinajstić information content (AvgIpc) is 3.75. The van der Waals surface area contributed by atoms with Gasteiger partial charge in [0, 0.05) is 61.6 Å². The molecule has 2 aliphatic rings. The van der Waals surface area contributed by atoms with Crippen molar-refractivity contribution in [1.29, 1.82) is 0 Å². The fourth-order valence-electron chi connectivity index (χ4n) is 11.7. The second-order valence-corrected chi connectivity index (χ2v) is 19.4. The molecule has 0 fully saturated rings. The topological polar surface area (TPSA) is 50.1 Å². The molecule has 10 aromatic carbocycles. The third-order valence-corrected chi connectivity index (χ3v) is 14.8. The molecule has 344 valence electrons. The summed E-state index contributed by atoms with van der Waals surface area (Å²) in [4.78, 5) is 20.1. The van der Waals surface area contributed by atoms with E-state index in [-0.39, 0.29) is 6.71 Å². The normalized spacial score (nSPS) is 12.5. The molecule has 0 aliphatic carbocycles. The lowest BCUT2D eigenvalue weighted by atomic mass is 9.33. The first-order valence-electron chi connectivity index (χ1n) is 25.1. The maximum absolute atomic E-state index is 5.23. The molecule has 4 heterocycles. The van der Waals surface area contributed by atoms with Crippen molar-refractivity contribution in [2.75, 3.05) is 9.80 Å². The molecule has 0 N–H and O–H groups in total. The van der Waals surface area contributed by atoms with Crippen molar-refractivity contribution in [3.05, 3.63) is 247 Å². The second kappa shape index (κ2) is 16.9. The van der Waals surface area contributed by atoms with Crippen LogP contribution >= 0.6 is 0 Å². The number of para-hydroxylation sites is 4. The summed E-state index contributed by atoms with van der Waals surface area (Å²) in [6, 6.07) is 83.8. The van der Waals surface area contributed by atoms with Gasteiger partial charge >= 0.3 is 0 Å². The van der Waals surface area contributed by atoms with Crippen LogP contribution in [0.1, 0.15) is 17.0 Å². The quantitative estimate of drug-likeness (QED) is 0.149. The van der Waals surface area contributed by atoms with E-state index in [1.807, 2.05) is 25.1 Å². The van der Waals surface area contributed by atoms with Crippen molar-refractivity contribution in [2.24, 2.45) is 0 Å². The molecule has 2 aromatic heterocycles. The maximum Gasteiger partial charge on any atom is 0.252 e. The SMILES string of the molecule is Cc1ccc2c(c1)c1cc(C)ccc1n2-c1c(-c2cccc(-c3cccc(N4c5ccccc5B5c6ccccc6N(c6ccccc6)c6cccc4c65)c3)c2)cccc1-c1nc(C)nc(-c2ccccc2)n1. The minimum absolute atomic E-state index is 0.0774. The van der Waals surface area contributed by atoms with Crippen molar-refractivity contribution >= 4 is 79.0 Å². The Morgan fingerprint density at radius 3 is 1.53 bits per heavy atom. The molecule has 0 atom stereocenters. The highest BCUT2D eigenvalue weighted by Crippen LogP contribution is 2.46. The third-order valence-electron chi connectivity index (χ3n) is 14.8. The molecule has 0 bridgehead atoms. The predicted molar refractivity (Wildman–Crippen MR) is 304 cm³/mol. The van der Waals surface area contributed by atoms with Gasteiger partial charge in [-0.3, -0.25) is 0 Å².